The second-order valence-electron chi connectivity index (χ2n) is 8.81. The molecule has 2 heterocycles. The van der Waals surface area contributed by atoms with E-state index in [9.17, 15) is 14.4 Å². The van der Waals surface area contributed by atoms with Crippen molar-refractivity contribution in [3.05, 3.63) is 71.8 Å². The van der Waals surface area contributed by atoms with Gasteiger partial charge >= 0.3 is 12.1 Å². The van der Waals surface area contributed by atoms with Crippen LogP contribution in [0.5, 0.6) is 0 Å². The fourth-order valence-corrected chi connectivity index (χ4v) is 4.24. The normalized spacial score (nSPS) is 16.7. The molecule has 0 spiro atoms. The van der Waals surface area contributed by atoms with Gasteiger partial charge in [-0.1, -0.05) is 60.7 Å². The number of hydrogen-bond acceptors (Lipinski definition) is 6. The molecule has 4 amide bonds. The predicted octanol–water partition coefficient (Wildman–Crippen LogP) is 2.69. The maximum Gasteiger partial charge on any atom is 0.410 e. The van der Waals surface area contributed by atoms with Crippen LogP contribution in [-0.2, 0) is 22.7 Å². The van der Waals surface area contributed by atoms with Gasteiger partial charge in [-0.2, -0.15) is 0 Å². The van der Waals surface area contributed by atoms with E-state index in [0.717, 1.165) is 43.6 Å². The van der Waals surface area contributed by atoms with Gasteiger partial charge in [0.25, 0.3) is 5.91 Å². The van der Waals surface area contributed by atoms with Crippen molar-refractivity contribution in [2.24, 2.45) is 0 Å². The van der Waals surface area contributed by atoms with Crippen LogP contribution in [0.15, 0.2) is 60.7 Å². The van der Waals surface area contributed by atoms with Crippen LogP contribution in [0.25, 0.3) is 0 Å². The van der Waals surface area contributed by atoms with E-state index in [0.29, 0.717) is 26.2 Å². The number of carbonyl (C=O) groups is 3. The van der Waals surface area contributed by atoms with Crippen LogP contribution in [-0.4, -0.2) is 83.6 Å². The van der Waals surface area contributed by atoms with Gasteiger partial charge in [-0.3, -0.25) is 14.6 Å². The van der Waals surface area contributed by atoms with E-state index in [4.69, 9.17) is 4.74 Å². The summed E-state index contributed by atoms with van der Waals surface area (Å²) in [5, 5.41) is 1.39. The molecular formula is C26H33N5O4. The van der Waals surface area contributed by atoms with Crippen molar-refractivity contribution >= 4 is 18.0 Å². The number of benzene rings is 2. The molecule has 0 unspecified atom stereocenters. The van der Waals surface area contributed by atoms with Crippen LogP contribution in [0.2, 0.25) is 0 Å². The number of ether oxygens (including phenoxy) is 1. The molecule has 2 aliphatic heterocycles. The molecule has 0 aromatic heterocycles. The number of rotatable bonds is 10. The number of carbonyl (C=O) groups excluding carboxylic acids is 3. The zero-order valence-corrected chi connectivity index (χ0v) is 20.0. The van der Waals surface area contributed by atoms with Crippen LogP contribution in [0.4, 0.5) is 9.59 Å². The Labute approximate surface area is 206 Å². The van der Waals surface area contributed by atoms with Crippen molar-refractivity contribution in [3.63, 3.8) is 0 Å². The van der Waals surface area contributed by atoms with Crippen molar-refractivity contribution < 1.29 is 19.1 Å². The molecule has 186 valence electrons. The highest BCUT2D eigenvalue weighted by Crippen LogP contribution is 2.12. The van der Waals surface area contributed by atoms with Gasteiger partial charge in [-0.05, 0) is 30.5 Å². The van der Waals surface area contributed by atoms with Crippen LogP contribution in [0.1, 0.15) is 24.0 Å². The zero-order valence-electron chi connectivity index (χ0n) is 20.0. The molecule has 0 aliphatic carbocycles. The average molecular weight is 480 g/mol. The first-order chi connectivity index (χ1) is 17.1. The molecule has 9 heteroatoms. The van der Waals surface area contributed by atoms with Crippen LogP contribution in [0.3, 0.4) is 0 Å². The Bertz CT molecular complexity index is 980. The minimum atomic E-state index is -0.284. The lowest BCUT2D eigenvalue weighted by atomic mass is 10.2. The van der Waals surface area contributed by atoms with Gasteiger partial charge < -0.3 is 9.64 Å². The summed E-state index contributed by atoms with van der Waals surface area (Å²) < 4.78 is 5.42. The second-order valence-corrected chi connectivity index (χ2v) is 8.81. The topological polar surface area (TPSA) is 85.4 Å². The number of piperazine rings is 1. The first-order valence-electron chi connectivity index (χ1n) is 12.2. The van der Waals surface area contributed by atoms with Crippen molar-refractivity contribution in [2.45, 2.75) is 26.0 Å². The third kappa shape index (κ3) is 7.03. The molecule has 2 aromatic carbocycles. The molecule has 0 bridgehead atoms. The van der Waals surface area contributed by atoms with Crippen molar-refractivity contribution in [1.29, 1.82) is 0 Å². The van der Waals surface area contributed by atoms with Crippen molar-refractivity contribution in [3.8, 4) is 0 Å². The highest BCUT2D eigenvalue weighted by Gasteiger charge is 2.35. The Kier molecular flexibility index (Phi) is 8.69. The Morgan fingerprint density at radius 2 is 1.46 bits per heavy atom. The summed E-state index contributed by atoms with van der Waals surface area (Å²) in [6, 6.07) is 19.2. The fraction of sp³-hybridized carbons (Fsp3) is 0.423. The van der Waals surface area contributed by atoms with E-state index in [1.807, 2.05) is 60.7 Å². The van der Waals surface area contributed by atoms with Gasteiger partial charge in [0.1, 0.15) is 13.2 Å². The summed E-state index contributed by atoms with van der Waals surface area (Å²) in [5.74, 6) is -0.168. The van der Waals surface area contributed by atoms with Gasteiger partial charge in [0.15, 0.2) is 0 Å². The number of urea groups is 1. The van der Waals surface area contributed by atoms with Crippen LogP contribution >= 0.6 is 0 Å². The van der Waals surface area contributed by atoms with Gasteiger partial charge in [0.2, 0.25) is 0 Å². The molecule has 0 atom stereocenters. The zero-order chi connectivity index (χ0) is 24.5. The fourth-order valence-electron chi connectivity index (χ4n) is 4.24. The van der Waals surface area contributed by atoms with Crippen molar-refractivity contribution in [1.82, 2.24) is 25.1 Å². The third-order valence-corrected chi connectivity index (χ3v) is 6.31. The minimum absolute atomic E-state index is 0.0635. The Hall–Kier alpha value is -3.43. The Morgan fingerprint density at radius 3 is 2.14 bits per heavy atom. The van der Waals surface area contributed by atoms with Crippen molar-refractivity contribution in [2.75, 3.05) is 45.8 Å². The average Bonchev–Trinajstić information content (AvgIpc) is 3.17. The molecule has 4 rings (SSSR count). The summed E-state index contributed by atoms with van der Waals surface area (Å²) in [6.45, 7) is 5.00. The lowest BCUT2D eigenvalue weighted by Gasteiger charge is -2.34. The summed E-state index contributed by atoms with van der Waals surface area (Å²) in [6.07, 6.45) is 1.36. The first kappa shape index (κ1) is 24.7. The predicted molar refractivity (Wildman–Crippen MR) is 131 cm³/mol. The minimum Gasteiger partial charge on any atom is -0.445 e. The van der Waals surface area contributed by atoms with Crippen LogP contribution < -0.4 is 5.43 Å². The standard InChI is InChI=1S/C26H33N5O4/c32-24-20-31(27-19-22-9-3-1-4-10-22)25(33)30(24)14-8-7-13-28-15-17-29(18-16-28)26(34)35-21-23-11-5-2-6-12-23/h1-6,9-12,27H,7-8,13-21H2. The Balaban J connectivity index is 1.10. The molecule has 0 saturated carbocycles. The molecule has 2 saturated heterocycles. The molecule has 1 N–H and O–H groups in total. The lowest BCUT2D eigenvalue weighted by Crippen LogP contribution is -2.49. The number of nitrogens with one attached hydrogen (secondary N) is 1. The van der Waals surface area contributed by atoms with E-state index in [1.54, 1.807) is 4.90 Å². The van der Waals surface area contributed by atoms with E-state index in [2.05, 4.69) is 10.3 Å². The second kappa shape index (κ2) is 12.3. The molecule has 35 heavy (non-hydrogen) atoms. The number of nitrogens with zero attached hydrogens (tertiary/aromatic N) is 4. The molecule has 2 aliphatic rings. The largest absolute Gasteiger partial charge is 0.445 e. The maximum absolute atomic E-state index is 12.6. The summed E-state index contributed by atoms with van der Waals surface area (Å²) in [4.78, 5) is 42.6. The maximum atomic E-state index is 12.6. The van der Waals surface area contributed by atoms with E-state index in [-0.39, 0.29) is 31.2 Å². The van der Waals surface area contributed by atoms with Crippen LogP contribution in [0, 0.1) is 0 Å². The highest BCUT2D eigenvalue weighted by atomic mass is 16.6. The number of amides is 4. The SMILES string of the molecule is O=C(OCc1ccccc1)N1CCN(CCCCN2C(=O)CN(NCc3ccccc3)C2=O)CC1. The summed E-state index contributed by atoms with van der Waals surface area (Å²) in [7, 11) is 0. The number of unbranched alkanes of at least 4 members (excludes halogenated alkanes) is 1. The molecule has 2 aromatic rings. The third-order valence-electron chi connectivity index (χ3n) is 6.31. The summed E-state index contributed by atoms with van der Waals surface area (Å²) in [5.41, 5.74) is 5.08. The van der Waals surface area contributed by atoms with Gasteiger partial charge in [-0.15, -0.1) is 0 Å². The molecule has 9 nitrogen and oxygen atoms in total. The monoisotopic (exact) mass is 479 g/mol. The highest BCUT2D eigenvalue weighted by molar-refractivity contribution is 6.01. The quantitative estimate of drug-likeness (QED) is 0.417. The van der Waals surface area contributed by atoms with E-state index < -0.39 is 0 Å². The summed E-state index contributed by atoms with van der Waals surface area (Å²) >= 11 is 0. The molecule has 0 radical (unpaired) electrons. The molecule has 2 fully saturated rings. The smallest absolute Gasteiger partial charge is 0.410 e. The Morgan fingerprint density at radius 1 is 0.829 bits per heavy atom. The number of hydrazine groups is 1. The van der Waals surface area contributed by atoms with Gasteiger partial charge in [0, 0.05) is 39.3 Å². The molecular weight excluding hydrogens is 446 g/mol. The van der Waals surface area contributed by atoms with E-state index in [1.165, 1.54) is 9.91 Å². The number of imide groups is 1. The first-order valence-corrected chi connectivity index (χ1v) is 12.2. The lowest BCUT2D eigenvalue weighted by molar-refractivity contribution is -0.125. The van der Waals surface area contributed by atoms with Gasteiger partial charge in [0.05, 0.1) is 0 Å². The van der Waals surface area contributed by atoms with E-state index >= 15 is 0 Å². The van der Waals surface area contributed by atoms with Gasteiger partial charge in [-0.25, -0.2) is 20.0 Å². The number of hydrogen-bond donors (Lipinski definition) is 1.